The summed E-state index contributed by atoms with van der Waals surface area (Å²) in [5.41, 5.74) is 3.75. The van der Waals surface area contributed by atoms with Crippen molar-refractivity contribution in [2.45, 2.75) is 44.6 Å². The van der Waals surface area contributed by atoms with Crippen LogP contribution in [0.3, 0.4) is 0 Å². The minimum absolute atomic E-state index is 0.0629. The number of ether oxygens (including phenoxy) is 2. The first-order chi connectivity index (χ1) is 13.3. The van der Waals surface area contributed by atoms with E-state index in [0.29, 0.717) is 12.2 Å². The maximum atomic E-state index is 13.1. The van der Waals surface area contributed by atoms with Crippen LogP contribution in [0.15, 0.2) is 47.6 Å². The molecule has 0 aromatic heterocycles. The molecule has 0 atom stereocenters. The Morgan fingerprint density at radius 3 is 2.48 bits per heavy atom. The van der Waals surface area contributed by atoms with Gasteiger partial charge in [-0.25, -0.2) is 5.01 Å². The second-order valence-corrected chi connectivity index (χ2v) is 7.38. The van der Waals surface area contributed by atoms with Gasteiger partial charge in [-0.15, -0.1) is 0 Å². The van der Waals surface area contributed by atoms with E-state index in [1.807, 2.05) is 42.5 Å². The van der Waals surface area contributed by atoms with E-state index >= 15 is 0 Å². The number of benzene rings is 2. The number of rotatable bonds is 2. The predicted molar refractivity (Wildman–Crippen MR) is 102 cm³/mol. The van der Waals surface area contributed by atoms with Gasteiger partial charge >= 0.3 is 0 Å². The van der Waals surface area contributed by atoms with Gasteiger partial charge in [0.05, 0.1) is 18.2 Å². The van der Waals surface area contributed by atoms with Crippen molar-refractivity contribution in [1.82, 2.24) is 5.01 Å². The van der Waals surface area contributed by atoms with Crippen molar-refractivity contribution in [3.8, 4) is 11.5 Å². The van der Waals surface area contributed by atoms with Crippen molar-refractivity contribution in [2.24, 2.45) is 5.10 Å². The van der Waals surface area contributed by atoms with E-state index in [9.17, 15) is 4.79 Å². The fourth-order valence-electron chi connectivity index (χ4n) is 4.23. The first-order valence-corrected chi connectivity index (χ1v) is 9.68. The number of hydrogen-bond acceptors (Lipinski definition) is 4. The molecule has 1 fully saturated rings. The summed E-state index contributed by atoms with van der Waals surface area (Å²) in [5.74, 6) is 1.49. The fraction of sp³-hybridized carbons (Fsp3) is 0.364. The van der Waals surface area contributed by atoms with E-state index in [-0.39, 0.29) is 18.7 Å². The zero-order valence-corrected chi connectivity index (χ0v) is 15.2. The van der Waals surface area contributed by atoms with Gasteiger partial charge in [-0.2, -0.15) is 5.10 Å². The number of hydrazone groups is 1. The molecule has 1 aliphatic carbocycles. The van der Waals surface area contributed by atoms with Crippen LogP contribution in [0, 0.1) is 0 Å². The number of amides is 1. The lowest BCUT2D eigenvalue weighted by molar-refractivity contribution is -0.133. The molecule has 1 saturated carbocycles. The Morgan fingerprint density at radius 1 is 0.963 bits per heavy atom. The third-order valence-corrected chi connectivity index (χ3v) is 5.63. The Labute approximate surface area is 158 Å². The molecule has 2 aromatic carbocycles. The van der Waals surface area contributed by atoms with Gasteiger partial charge in [0, 0.05) is 11.1 Å². The summed E-state index contributed by atoms with van der Waals surface area (Å²) in [6.45, 7) is 0.220. The standard InChI is InChI=1S/C22H22N2O3/c25-21-12-16-11-19-20(27-14-26-19)13-18(16)22(15-7-3-1-4-8-15)23-24(21)17-9-5-2-6-10-17/h1,3-4,7-8,11,13,17H,2,5-6,9-10,12,14H2. The molecule has 5 nitrogen and oxygen atoms in total. The third-order valence-electron chi connectivity index (χ3n) is 5.63. The molecular formula is C22H22N2O3. The van der Waals surface area contributed by atoms with Gasteiger partial charge in [0.1, 0.15) is 0 Å². The second-order valence-electron chi connectivity index (χ2n) is 7.38. The van der Waals surface area contributed by atoms with Crippen LogP contribution < -0.4 is 9.47 Å². The molecule has 1 amide bonds. The Hall–Kier alpha value is -2.82. The molecular weight excluding hydrogens is 340 g/mol. The van der Waals surface area contributed by atoms with Gasteiger partial charge in [-0.3, -0.25) is 4.79 Å². The highest BCUT2D eigenvalue weighted by atomic mass is 16.7. The monoisotopic (exact) mass is 362 g/mol. The number of fused-ring (bicyclic) bond motifs is 2. The average molecular weight is 362 g/mol. The van der Waals surface area contributed by atoms with Crippen molar-refractivity contribution in [3.63, 3.8) is 0 Å². The largest absolute Gasteiger partial charge is 0.454 e. The molecule has 0 saturated heterocycles. The smallest absolute Gasteiger partial charge is 0.247 e. The molecule has 0 N–H and O–H groups in total. The highest BCUT2D eigenvalue weighted by molar-refractivity contribution is 6.15. The third kappa shape index (κ3) is 2.97. The minimum atomic E-state index is 0.0629. The van der Waals surface area contributed by atoms with Crippen molar-refractivity contribution >= 4 is 11.6 Å². The number of hydrogen-bond donors (Lipinski definition) is 0. The van der Waals surface area contributed by atoms with Crippen LogP contribution in [0.2, 0.25) is 0 Å². The Kier molecular flexibility index (Phi) is 4.07. The van der Waals surface area contributed by atoms with Crippen molar-refractivity contribution in [3.05, 3.63) is 59.2 Å². The van der Waals surface area contributed by atoms with Crippen LogP contribution >= 0.6 is 0 Å². The summed E-state index contributed by atoms with van der Waals surface area (Å²) in [5, 5.41) is 6.68. The summed E-state index contributed by atoms with van der Waals surface area (Å²) in [4.78, 5) is 13.1. The molecule has 0 spiro atoms. The Bertz CT molecular complexity index is 901. The van der Waals surface area contributed by atoms with Gasteiger partial charge in [0.25, 0.3) is 0 Å². The number of carbonyl (C=O) groups excluding carboxylic acids is 1. The molecule has 5 heteroatoms. The summed E-state index contributed by atoms with van der Waals surface area (Å²) < 4.78 is 11.1. The van der Waals surface area contributed by atoms with Crippen LogP contribution in [0.1, 0.15) is 48.8 Å². The molecule has 5 rings (SSSR count). The first-order valence-electron chi connectivity index (χ1n) is 9.68. The highest BCUT2D eigenvalue weighted by Gasteiger charge is 2.31. The predicted octanol–water partition coefficient (Wildman–Crippen LogP) is 3.89. The second kappa shape index (κ2) is 6.72. The molecule has 3 aliphatic rings. The molecule has 0 radical (unpaired) electrons. The summed E-state index contributed by atoms with van der Waals surface area (Å²) in [6.07, 6.45) is 5.95. The lowest BCUT2D eigenvalue weighted by Crippen LogP contribution is -2.38. The average Bonchev–Trinajstić information content (AvgIpc) is 3.11. The Balaban J connectivity index is 1.65. The minimum Gasteiger partial charge on any atom is -0.454 e. The molecule has 2 aliphatic heterocycles. The normalized spacial score (nSPS) is 19.5. The van der Waals surface area contributed by atoms with E-state index in [1.165, 1.54) is 6.42 Å². The van der Waals surface area contributed by atoms with Crippen molar-refractivity contribution in [2.75, 3.05) is 6.79 Å². The quantitative estimate of drug-likeness (QED) is 0.814. The highest BCUT2D eigenvalue weighted by Crippen LogP contribution is 2.37. The van der Waals surface area contributed by atoms with E-state index in [0.717, 1.165) is 53.8 Å². The Morgan fingerprint density at radius 2 is 1.70 bits per heavy atom. The van der Waals surface area contributed by atoms with E-state index in [4.69, 9.17) is 14.6 Å². The van der Waals surface area contributed by atoms with E-state index < -0.39 is 0 Å². The van der Waals surface area contributed by atoms with Crippen LogP contribution in [0.5, 0.6) is 11.5 Å². The molecule has 2 heterocycles. The maximum Gasteiger partial charge on any atom is 0.247 e. The zero-order valence-electron chi connectivity index (χ0n) is 15.2. The molecule has 27 heavy (non-hydrogen) atoms. The van der Waals surface area contributed by atoms with Crippen LogP contribution in [0.25, 0.3) is 0 Å². The van der Waals surface area contributed by atoms with Gasteiger partial charge in [-0.1, -0.05) is 49.6 Å². The fourth-order valence-corrected chi connectivity index (χ4v) is 4.23. The van der Waals surface area contributed by atoms with Crippen molar-refractivity contribution < 1.29 is 14.3 Å². The SMILES string of the molecule is O=C1Cc2cc3c(cc2C(c2ccccc2)=NN1C1CCCCC1)OCO3. The lowest BCUT2D eigenvalue weighted by atomic mass is 9.94. The van der Waals surface area contributed by atoms with E-state index in [1.54, 1.807) is 5.01 Å². The molecule has 0 unspecified atom stereocenters. The van der Waals surface area contributed by atoms with E-state index in [2.05, 4.69) is 0 Å². The summed E-state index contributed by atoms with van der Waals surface area (Å²) in [6, 6.07) is 14.2. The van der Waals surface area contributed by atoms with Gasteiger partial charge in [0.15, 0.2) is 11.5 Å². The van der Waals surface area contributed by atoms with Crippen LogP contribution in [-0.4, -0.2) is 29.5 Å². The zero-order chi connectivity index (χ0) is 18.2. The topological polar surface area (TPSA) is 51.1 Å². The molecule has 138 valence electrons. The van der Waals surface area contributed by atoms with Gasteiger partial charge in [-0.05, 0) is 30.5 Å². The number of carbonyl (C=O) groups is 1. The lowest BCUT2D eigenvalue weighted by Gasteiger charge is -2.30. The summed E-state index contributed by atoms with van der Waals surface area (Å²) >= 11 is 0. The number of nitrogens with zero attached hydrogens (tertiary/aromatic N) is 2. The molecule has 2 aromatic rings. The van der Waals surface area contributed by atoms with Gasteiger partial charge < -0.3 is 9.47 Å². The van der Waals surface area contributed by atoms with Crippen LogP contribution in [-0.2, 0) is 11.2 Å². The summed E-state index contributed by atoms with van der Waals surface area (Å²) in [7, 11) is 0. The van der Waals surface area contributed by atoms with Crippen LogP contribution in [0.4, 0.5) is 0 Å². The first kappa shape index (κ1) is 16.4. The maximum absolute atomic E-state index is 13.1. The van der Waals surface area contributed by atoms with Crippen molar-refractivity contribution in [1.29, 1.82) is 0 Å². The molecule has 0 bridgehead atoms. The van der Waals surface area contributed by atoms with Gasteiger partial charge in [0.2, 0.25) is 12.7 Å².